The van der Waals surface area contributed by atoms with Gasteiger partial charge < -0.3 is 32.5 Å². The Morgan fingerprint density at radius 1 is 1.11 bits per heavy atom. The molecule has 160 valence electrons. The lowest BCUT2D eigenvalue weighted by Crippen LogP contribution is -2.54. The number of imide groups is 1. The smallest absolute Gasteiger partial charge is 0.412 e. The summed E-state index contributed by atoms with van der Waals surface area (Å²) in [4.78, 5) is 37.7. The highest BCUT2D eigenvalue weighted by Gasteiger charge is 2.45. The Morgan fingerprint density at radius 3 is 2.25 bits per heavy atom. The van der Waals surface area contributed by atoms with Crippen LogP contribution in [0.5, 0.6) is 0 Å². The number of hydrogen-bond acceptors (Lipinski definition) is 7. The van der Waals surface area contributed by atoms with E-state index in [4.69, 9.17) is 10.3 Å². The molecule has 0 aromatic heterocycles. The van der Waals surface area contributed by atoms with Gasteiger partial charge in [-0.15, -0.1) is 9.35 Å². The largest absolute Gasteiger partial charge is 0.419 e. The van der Waals surface area contributed by atoms with Gasteiger partial charge in [-0.25, -0.2) is 0 Å². The molecular formula is C13H21N3O11S. The Balaban J connectivity index is 0. The van der Waals surface area contributed by atoms with Crippen LogP contribution < -0.4 is 5.73 Å². The van der Waals surface area contributed by atoms with Crippen LogP contribution in [0.25, 0.3) is 0 Å². The molecule has 1 aromatic carbocycles. The first-order valence-corrected chi connectivity index (χ1v) is 8.27. The van der Waals surface area contributed by atoms with E-state index in [1.54, 1.807) is 18.2 Å². The van der Waals surface area contributed by atoms with Gasteiger partial charge in [0.2, 0.25) is 0 Å². The van der Waals surface area contributed by atoms with E-state index in [0.29, 0.717) is 16.8 Å². The SMILES string of the molecule is Nc1cccc2c1CN(C1CCC(=O)N(OS(=O)(=O)O)C1=O)C2=O.O.O.O.O. The summed E-state index contributed by atoms with van der Waals surface area (Å²) in [6.45, 7) is 0.0607. The van der Waals surface area contributed by atoms with Gasteiger partial charge in [0.15, 0.2) is 0 Å². The summed E-state index contributed by atoms with van der Waals surface area (Å²) in [6.07, 6.45) is -0.204. The number of piperidine rings is 1. The average molecular weight is 427 g/mol. The van der Waals surface area contributed by atoms with E-state index in [-0.39, 0.29) is 46.4 Å². The molecule has 3 rings (SSSR count). The molecule has 1 aromatic rings. The first kappa shape index (κ1) is 27.6. The quantitative estimate of drug-likeness (QED) is 0.273. The first-order chi connectivity index (χ1) is 11.2. The van der Waals surface area contributed by atoms with Gasteiger partial charge in [-0.2, -0.15) is 8.42 Å². The van der Waals surface area contributed by atoms with E-state index in [1.165, 1.54) is 4.90 Å². The Morgan fingerprint density at radius 2 is 1.71 bits per heavy atom. The van der Waals surface area contributed by atoms with Crippen molar-refractivity contribution in [1.82, 2.24) is 9.96 Å². The maximum absolute atomic E-state index is 12.5. The van der Waals surface area contributed by atoms with Crippen LogP contribution in [0, 0.1) is 0 Å². The fourth-order valence-electron chi connectivity index (χ4n) is 2.84. The van der Waals surface area contributed by atoms with Crippen LogP contribution in [0.1, 0.15) is 28.8 Å². The molecule has 1 atom stereocenters. The Labute approximate surface area is 158 Å². The number of nitrogen functional groups attached to an aromatic ring is 1. The van der Waals surface area contributed by atoms with Crippen molar-refractivity contribution < 1.29 is 53.5 Å². The highest BCUT2D eigenvalue weighted by molar-refractivity contribution is 7.80. The zero-order valence-corrected chi connectivity index (χ0v) is 15.0. The second-order valence-corrected chi connectivity index (χ2v) is 6.39. The molecule has 11 N–H and O–H groups in total. The Hall–Kier alpha value is -2.66. The van der Waals surface area contributed by atoms with E-state index in [2.05, 4.69) is 4.28 Å². The predicted octanol–water partition coefficient (Wildman–Crippen LogP) is -3.82. The number of nitrogens with zero attached hydrogens (tertiary/aromatic N) is 2. The van der Waals surface area contributed by atoms with Crippen LogP contribution in [-0.2, 0) is 30.8 Å². The van der Waals surface area contributed by atoms with Crippen LogP contribution in [0.4, 0.5) is 5.69 Å². The van der Waals surface area contributed by atoms with Crippen molar-refractivity contribution in [2.24, 2.45) is 0 Å². The summed E-state index contributed by atoms with van der Waals surface area (Å²) in [5, 5.41) is -0.0247. The van der Waals surface area contributed by atoms with E-state index in [0.717, 1.165) is 0 Å². The second-order valence-electron chi connectivity index (χ2n) is 5.39. The normalized spacial score (nSPS) is 18.3. The standard InChI is InChI=1S/C13H13N3O7S.4H2O/c14-9-3-1-2-7-8(9)6-15(12(7)18)10-4-5-11(17)16(13(10)19)23-24(20,21)22;;;;/h1-3,10H,4-6,14H2,(H,20,21,22);4*1H2. The van der Waals surface area contributed by atoms with Gasteiger partial charge in [-0.3, -0.25) is 18.9 Å². The van der Waals surface area contributed by atoms with E-state index >= 15 is 0 Å². The van der Waals surface area contributed by atoms with Gasteiger partial charge >= 0.3 is 10.4 Å². The fourth-order valence-corrected chi connectivity index (χ4v) is 3.18. The minimum Gasteiger partial charge on any atom is -0.412 e. The summed E-state index contributed by atoms with van der Waals surface area (Å²) in [6, 6.07) is 3.70. The number of benzene rings is 1. The Kier molecular flexibility index (Phi) is 9.36. The van der Waals surface area contributed by atoms with E-state index in [1.807, 2.05) is 0 Å². The lowest BCUT2D eigenvalue weighted by atomic mass is 10.0. The van der Waals surface area contributed by atoms with Gasteiger partial charge in [0.25, 0.3) is 17.7 Å². The van der Waals surface area contributed by atoms with Crippen molar-refractivity contribution in [1.29, 1.82) is 0 Å². The number of carbonyl (C=O) groups excluding carboxylic acids is 3. The molecule has 0 radical (unpaired) electrons. The van der Waals surface area contributed by atoms with Crippen LogP contribution in [0.3, 0.4) is 0 Å². The van der Waals surface area contributed by atoms with Crippen LogP contribution >= 0.6 is 0 Å². The van der Waals surface area contributed by atoms with E-state index < -0.39 is 34.2 Å². The number of fused-ring (bicyclic) bond motifs is 1. The molecule has 1 saturated heterocycles. The molecule has 3 amide bonds. The third kappa shape index (κ3) is 4.78. The van der Waals surface area contributed by atoms with Crippen molar-refractivity contribution in [2.75, 3.05) is 5.73 Å². The molecular weight excluding hydrogens is 406 g/mol. The zero-order chi connectivity index (χ0) is 17.6. The molecule has 1 unspecified atom stereocenters. The number of carbonyl (C=O) groups is 3. The number of rotatable bonds is 3. The van der Waals surface area contributed by atoms with Crippen LogP contribution in [0.2, 0.25) is 0 Å². The predicted molar refractivity (Wildman–Crippen MR) is 92.7 cm³/mol. The minimum atomic E-state index is -5.05. The molecule has 2 heterocycles. The maximum Gasteiger partial charge on any atom is 0.419 e. The molecule has 14 nitrogen and oxygen atoms in total. The summed E-state index contributed by atoms with van der Waals surface area (Å²) in [5.74, 6) is -2.40. The number of hydrogen-bond donors (Lipinski definition) is 2. The Bertz CT molecular complexity index is 857. The molecule has 0 spiro atoms. The number of amides is 3. The number of nitrogens with two attached hydrogens (primary N) is 1. The van der Waals surface area contributed by atoms with Crippen LogP contribution in [-0.4, -0.2) is 68.6 Å². The zero-order valence-electron chi connectivity index (χ0n) is 14.2. The molecule has 28 heavy (non-hydrogen) atoms. The van der Waals surface area contributed by atoms with Gasteiger partial charge in [0.1, 0.15) is 6.04 Å². The summed E-state index contributed by atoms with van der Waals surface area (Å²) < 4.78 is 34.3. The molecule has 0 bridgehead atoms. The molecule has 0 aliphatic carbocycles. The van der Waals surface area contributed by atoms with Gasteiger partial charge in [-0.05, 0) is 18.6 Å². The molecule has 1 fully saturated rings. The number of anilines is 1. The van der Waals surface area contributed by atoms with E-state index in [9.17, 15) is 22.8 Å². The minimum absolute atomic E-state index is 0. The lowest BCUT2D eigenvalue weighted by Gasteiger charge is -2.33. The van der Waals surface area contributed by atoms with Gasteiger partial charge in [0.05, 0.1) is 0 Å². The van der Waals surface area contributed by atoms with Crippen LogP contribution in [0.15, 0.2) is 18.2 Å². The second kappa shape index (κ2) is 9.51. The van der Waals surface area contributed by atoms with Crippen molar-refractivity contribution in [2.45, 2.75) is 25.4 Å². The van der Waals surface area contributed by atoms with Crippen molar-refractivity contribution in [3.63, 3.8) is 0 Å². The highest BCUT2D eigenvalue weighted by atomic mass is 32.3. The van der Waals surface area contributed by atoms with Crippen molar-refractivity contribution in [3.8, 4) is 0 Å². The highest BCUT2D eigenvalue weighted by Crippen LogP contribution is 2.32. The van der Waals surface area contributed by atoms with Gasteiger partial charge in [0, 0.05) is 29.8 Å². The van der Waals surface area contributed by atoms with Crippen molar-refractivity contribution >= 4 is 33.8 Å². The van der Waals surface area contributed by atoms with Crippen molar-refractivity contribution in [3.05, 3.63) is 29.3 Å². The molecule has 2 aliphatic heterocycles. The monoisotopic (exact) mass is 427 g/mol. The summed E-state index contributed by atoms with van der Waals surface area (Å²) in [7, 11) is -5.05. The first-order valence-electron chi connectivity index (χ1n) is 6.91. The third-order valence-corrected chi connectivity index (χ3v) is 4.26. The lowest BCUT2D eigenvalue weighted by molar-refractivity contribution is -0.180. The number of hydroxylamine groups is 2. The molecule has 15 heteroatoms. The molecule has 0 saturated carbocycles. The fraction of sp³-hybridized carbons (Fsp3) is 0.308. The topological polar surface area (TPSA) is 273 Å². The van der Waals surface area contributed by atoms with Gasteiger partial charge in [-0.1, -0.05) is 6.07 Å². The summed E-state index contributed by atoms with van der Waals surface area (Å²) in [5.41, 5.74) is 7.14. The maximum atomic E-state index is 12.5. The molecule has 2 aliphatic rings. The third-order valence-electron chi connectivity index (χ3n) is 3.92. The average Bonchev–Trinajstić information content (AvgIpc) is 2.82. The summed E-state index contributed by atoms with van der Waals surface area (Å²) >= 11 is 0.